The molecule has 0 bridgehead atoms. The van der Waals surface area contributed by atoms with Crippen LogP contribution in [0.25, 0.3) is 11.1 Å². The molecule has 4 rings (SSSR count). The number of carbonyl (C=O) groups excluding carboxylic acids is 2. The highest BCUT2D eigenvalue weighted by atomic mass is 19.1. The largest absolute Gasteiger partial charge is 0.484 e. The number of amides is 3. The van der Waals surface area contributed by atoms with E-state index in [1.54, 1.807) is 24.5 Å². The zero-order valence-corrected chi connectivity index (χ0v) is 19.5. The molecule has 0 fully saturated rings. The second-order valence-corrected chi connectivity index (χ2v) is 8.79. The van der Waals surface area contributed by atoms with Crippen molar-refractivity contribution in [1.82, 2.24) is 20.8 Å². The minimum Gasteiger partial charge on any atom is -0.484 e. The van der Waals surface area contributed by atoms with E-state index in [1.807, 2.05) is 13.8 Å². The average Bonchev–Trinajstić information content (AvgIpc) is 3.49. The van der Waals surface area contributed by atoms with Crippen LogP contribution in [0.15, 0.2) is 42.7 Å². The molecule has 3 N–H and O–H groups in total. The number of nitrogens with zero attached hydrogens (tertiary/aromatic N) is 2. The number of nitrogens with one attached hydrogen (secondary N) is 3. The third-order valence-corrected chi connectivity index (χ3v) is 5.57. The molecule has 10 heteroatoms. The fourth-order valence-corrected chi connectivity index (χ4v) is 3.84. The van der Waals surface area contributed by atoms with Crippen molar-refractivity contribution < 1.29 is 23.1 Å². The Morgan fingerprint density at radius 1 is 1.17 bits per heavy atom. The van der Waals surface area contributed by atoms with E-state index in [2.05, 4.69) is 20.8 Å². The molecule has 2 aromatic carbocycles. The first-order valence-electron chi connectivity index (χ1n) is 11.4. The number of aromatic amines is 1. The van der Waals surface area contributed by atoms with Crippen LogP contribution in [0.4, 0.5) is 19.3 Å². The number of urea groups is 1. The Bertz CT molecular complexity index is 1210. The van der Waals surface area contributed by atoms with E-state index in [9.17, 15) is 18.4 Å². The maximum absolute atomic E-state index is 14.7. The molecule has 8 nitrogen and oxygen atoms in total. The number of halogens is 2. The molecule has 35 heavy (non-hydrogen) atoms. The van der Waals surface area contributed by atoms with Gasteiger partial charge in [0.05, 0.1) is 11.9 Å². The Labute approximate surface area is 201 Å². The second kappa shape index (κ2) is 10.5. The molecule has 0 aliphatic carbocycles. The molecule has 1 aliphatic rings. The SMILES string of the molecule is CC(C)CNC(=O)COc1cc(F)cc(CNC(=O)N2CCc3cc(-c4cn[nH]c4)c(F)cc32)c1. The summed E-state index contributed by atoms with van der Waals surface area (Å²) in [4.78, 5) is 26.1. The van der Waals surface area contributed by atoms with Crippen molar-refractivity contribution in [1.29, 1.82) is 0 Å². The summed E-state index contributed by atoms with van der Waals surface area (Å²) in [5.41, 5.74) is 2.88. The van der Waals surface area contributed by atoms with Gasteiger partial charge in [0, 0.05) is 43.0 Å². The van der Waals surface area contributed by atoms with Gasteiger partial charge in [-0.3, -0.25) is 14.8 Å². The molecule has 0 saturated carbocycles. The van der Waals surface area contributed by atoms with Crippen LogP contribution in [-0.4, -0.2) is 41.8 Å². The monoisotopic (exact) mass is 483 g/mol. The van der Waals surface area contributed by atoms with Crippen molar-refractivity contribution in [2.45, 2.75) is 26.8 Å². The summed E-state index contributed by atoms with van der Waals surface area (Å²) in [6.07, 6.45) is 3.74. The minimum atomic E-state index is -0.547. The number of hydrogen-bond donors (Lipinski definition) is 3. The topological polar surface area (TPSA) is 99.3 Å². The van der Waals surface area contributed by atoms with Gasteiger partial charge in [0.15, 0.2) is 6.61 Å². The summed E-state index contributed by atoms with van der Waals surface area (Å²) in [6, 6.07) is 6.69. The fourth-order valence-electron chi connectivity index (χ4n) is 3.84. The molecule has 0 saturated heterocycles. The maximum atomic E-state index is 14.7. The molecule has 0 atom stereocenters. The molecule has 1 aliphatic heterocycles. The van der Waals surface area contributed by atoms with Gasteiger partial charge in [-0.05, 0) is 47.7 Å². The van der Waals surface area contributed by atoms with Gasteiger partial charge in [-0.15, -0.1) is 0 Å². The minimum absolute atomic E-state index is 0.0356. The first-order valence-corrected chi connectivity index (χ1v) is 11.4. The lowest BCUT2D eigenvalue weighted by Gasteiger charge is -2.19. The highest BCUT2D eigenvalue weighted by Gasteiger charge is 2.27. The highest BCUT2D eigenvalue weighted by molar-refractivity contribution is 5.94. The van der Waals surface area contributed by atoms with Gasteiger partial charge in [0.25, 0.3) is 5.91 Å². The molecule has 3 aromatic rings. The lowest BCUT2D eigenvalue weighted by atomic mass is 10.0. The van der Waals surface area contributed by atoms with Gasteiger partial charge in [-0.2, -0.15) is 5.10 Å². The number of carbonyl (C=O) groups is 2. The molecule has 0 unspecified atom stereocenters. The number of rotatable bonds is 8. The van der Waals surface area contributed by atoms with Crippen LogP contribution in [0.3, 0.4) is 0 Å². The van der Waals surface area contributed by atoms with Crippen molar-refractivity contribution in [3.8, 4) is 16.9 Å². The maximum Gasteiger partial charge on any atom is 0.322 e. The Morgan fingerprint density at radius 2 is 2.00 bits per heavy atom. The molecule has 0 radical (unpaired) electrons. The first kappa shape index (κ1) is 24.2. The van der Waals surface area contributed by atoms with Crippen LogP contribution >= 0.6 is 0 Å². The number of hydrogen-bond acceptors (Lipinski definition) is 4. The molecule has 2 heterocycles. The zero-order chi connectivity index (χ0) is 24.9. The Kier molecular flexibility index (Phi) is 7.28. The smallest absolute Gasteiger partial charge is 0.322 e. The number of aromatic nitrogens is 2. The van der Waals surface area contributed by atoms with Crippen molar-refractivity contribution in [3.05, 3.63) is 65.5 Å². The van der Waals surface area contributed by atoms with E-state index in [1.165, 1.54) is 23.1 Å². The average molecular weight is 484 g/mol. The summed E-state index contributed by atoms with van der Waals surface area (Å²) in [5.74, 6) is -0.798. The zero-order valence-electron chi connectivity index (χ0n) is 19.5. The molecule has 3 amide bonds. The van der Waals surface area contributed by atoms with E-state index in [0.717, 1.165) is 5.56 Å². The van der Waals surface area contributed by atoms with Crippen LogP contribution < -0.4 is 20.3 Å². The summed E-state index contributed by atoms with van der Waals surface area (Å²) in [7, 11) is 0. The Morgan fingerprint density at radius 3 is 2.74 bits per heavy atom. The van der Waals surface area contributed by atoms with Gasteiger partial charge >= 0.3 is 6.03 Å². The quantitative estimate of drug-likeness (QED) is 0.454. The van der Waals surface area contributed by atoms with Crippen molar-refractivity contribution in [3.63, 3.8) is 0 Å². The van der Waals surface area contributed by atoms with Crippen molar-refractivity contribution in [2.75, 3.05) is 24.6 Å². The number of fused-ring (bicyclic) bond motifs is 1. The predicted molar refractivity (Wildman–Crippen MR) is 127 cm³/mol. The third kappa shape index (κ3) is 5.95. The first-order chi connectivity index (χ1) is 16.8. The van der Waals surface area contributed by atoms with Crippen LogP contribution in [0, 0.1) is 17.6 Å². The van der Waals surface area contributed by atoms with Crippen LogP contribution in [0.2, 0.25) is 0 Å². The van der Waals surface area contributed by atoms with E-state index >= 15 is 0 Å². The summed E-state index contributed by atoms with van der Waals surface area (Å²) in [6.45, 7) is 4.68. The number of H-pyrrole nitrogens is 1. The van der Waals surface area contributed by atoms with Gasteiger partial charge in [0.2, 0.25) is 0 Å². The van der Waals surface area contributed by atoms with Crippen LogP contribution in [-0.2, 0) is 17.8 Å². The summed E-state index contributed by atoms with van der Waals surface area (Å²) >= 11 is 0. The van der Waals surface area contributed by atoms with E-state index in [-0.39, 0.29) is 24.8 Å². The number of ether oxygens (including phenoxy) is 1. The molecular weight excluding hydrogens is 456 g/mol. The van der Waals surface area contributed by atoms with Crippen LogP contribution in [0.5, 0.6) is 5.75 Å². The molecule has 0 spiro atoms. The van der Waals surface area contributed by atoms with E-state index in [0.29, 0.717) is 47.8 Å². The van der Waals surface area contributed by atoms with Crippen molar-refractivity contribution in [2.24, 2.45) is 5.92 Å². The van der Waals surface area contributed by atoms with Gasteiger partial charge in [-0.25, -0.2) is 13.6 Å². The Balaban J connectivity index is 1.37. The second-order valence-electron chi connectivity index (χ2n) is 8.79. The normalized spacial score (nSPS) is 12.5. The van der Waals surface area contributed by atoms with Gasteiger partial charge in [0.1, 0.15) is 17.4 Å². The van der Waals surface area contributed by atoms with E-state index < -0.39 is 17.7 Å². The number of benzene rings is 2. The summed E-state index contributed by atoms with van der Waals surface area (Å²) in [5, 5.41) is 12.0. The Hall–Kier alpha value is -3.95. The summed E-state index contributed by atoms with van der Waals surface area (Å²) < 4.78 is 34.2. The molecular formula is C25H27F2N5O3. The van der Waals surface area contributed by atoms with Gasteiger partial charge < -0.3 is 15.4 Å². The molecule has 184 valence electrons. The third-order valence-electron chi connectivity index (χ3n) is 5.57. The lowest BCUT2D eigenvalue weighted by molar-refractivity contribution is -0.123. The van der Waals surface area contributed by atoms with Crippen molar-refractivity contribution >= 4 is 17.6 Å². The standard InChI is InChI=1S/C25H27F2N5O3/c1-15(2)10-28-24(33)14-35-20-6-16(5-19(26)8-20)11-29-25(34)32-4-3-17-7-21(18-12-30-31-13-18)22(27)9-23(17)32/h5-9,12-13,15H,3-4,10-11,14H2,1-2H3,(H,28,33)(H,29,34)(H,30,31). The number of anilines is 1. The van der Waals surface area contributed by atoms with E-state index in [4.69, 9.17) is 4.74 Å². The highest BCUT2D eigenvalue weighted by Crippen LogP contribution is 2.34. The fraction of sp³-hybridized carbons (Fsp3) is 0.320. The molecule has 1 aromatic heterocycles. The lowest BCUT2D eigenvalue weighted by Crippen LogP contribution is -2.38. The predicted octanol–water partition coefficient (Wildman–Crippen LogP) is 3.78. The van der Waals surface area contributed by atoms with Gasteiger partial charge in [-0.1, -0.05) is 13.8 Å². The van der Waals surface area contributed by atoms with Crippen LogP contribution in [0.1, 0.15) is 25.0 Å².